The second kappa shape index (κ2) is 9.67. The maximum atomic E-state index is 12.5. The number of nitro groups is 1. The molecule has 178 valence electrons. The van der Waals surface area contributed by atoms with E-state index in [1.54, 1.807) is 24.3 Å². The van der Waals surface area contributed by atoms with Gasteiger partial charge in [-0.05, 0) is 56.7 Å². The van der Waals surface area contributed by atoms with E-state index in [9.17, 15) is 24.5 Å². The van der Waals surface area contributed by atoms with E-state index in [1.165, 1.54) is 12.1 Å². The van der Waals surface area contributed by atoms with E-state index in [4.69, 9.17) is 4.74 Å². The fraction of sp³-hybridized carbons (Fsp3) is 0.208. The summed E-state index contributed by atoms with van der Waals surface area (Å²) in [6, 6.07) is 12.3. The number of nitrogens with zero attached hydrogens (tertiary/aromatic N) is 4. The van der Waals surface area contributed by atoms with Gasteiger partial charge in [0.2, 0.25) is 5.91 Å². The van der Waals surface area contributed by atoms with Crippen LogP contribution < -0.4 is 10.1 Å². The Kier molecular flexibility index (Phi) is 6.49. The molecule has 1 N–H and O–H groups in total. The van der Waals surface area contributed by atoms with Gasteiger partial charge in [-0.3, -0.25) is 29.4 Å². The monoisotopic (exact) mass is 475 g/mol. The number of fused-ring (bicyclic) bond motifs is 1. The van der Waals surface area contributed by atoms with Crippen LogP contribution in [0.4, 0.5) is 11.4 Å². The summed E-state index contributed by atoms with van der Waals surface area (Å²) in [5, 5.41) is 13.7. The number of non-ortho nitro benzene ring substituents is 1. The highest BCUT2D eigenvalue weighted by molar-refractivity contribution is 6.21. The standard InChI is InChI=1S/C24H21N5O6/c1-14-12-15(2)26-24(25-14)35-18-8-5-16(6-9-18)27-21(30)4-3-11-28-22(31)19-10-7-17(29(33)34)13-20(19)23(28)32/h5-10,12-13H,3-4,11H2,1-2H3,(H,27,30). The SMILES string of the molecule is Cc1cc(C)nc(Oc2ccc(NC(=O)CCCN3C(=O)c4ccc([N+](=O)[O-])cc4C3=O)cc2)n1. The largest absolute Gasteiger partial charge is 0.424 e. The molecule has 11 nitrogen and oxygen atoms in total. The molecule has 11 heteroatoms. The number of hydrogen-bond acceptors (Lipinski definition) is 8. The van der Waals surface area contributed by atoms with Gasteiger partial charge in [-0.1, -0.05) is 0 Å². The number of hydrogen-bond donors (Lipinski definition) is 1. The Labute approximate surface area is 199 Å². The molecular weight excluding hydrogens is 454 g/mol. The first-order valence-corrected chi connectivity index (χ1v) is 10.8. The highest BCUT2D eigenvalue weighted by Crippen LogP contribution is 2.27. The number of aryl methyl sites for hydroxylation is 2. The number of rotatable bonds is 8. The fourth-order valence-electron chi connectivity index (χ4n) is 3.67. The fourth-order valence-corrected chi connectivity index (χ4v) is 3.67. The molecule has 0 saturated carbocycles. The maximum absolute atomic E-state index is 12.5. The van der Waals surface area contributed by atoms with Gasteiger partial charge in [0.05, 0.1) is 16.1 Å². The minimum atomic E-state index is -0.624. The second-order valence-corrected chi connectivity index (χ2v) is 7.96. The van der Waals surface area contributed by atoms with Crippen LogP contribution in [0.25, 0.3) is 0 Å². The molecule has 2 aromatic carbocycles. The third-order valence-corrected chi connectivity index (χ3v) is 5.26. The van der Waals surface area contributed by atoms with Crippen LogP contribution >= 0.6 is 0 Å². The smallest absolute Gasteiger partial charge is 0.322 e. The molecule has 3 aromatic rings. The van der Waals surface area contributed by atoms with Crippen molar-refractivity contribution < 1.29 is 24.0 Å². The summed E-state index contributed by atoms with van der Waals surface area (Å²) in [6.07, 6.45) is 0.312. The molecular formula is C24H21N5O6. The molecule has 35 heavy (non-hydrogen) atoms. The summed E-state index contributed by atoms with van der Waals surface area (Å²) in [5.74, 6) is -0.899. The second-order valence-electron chi connectivity index (χ2n) is 7.96. The Morgan fingerprint density at radius 2 is 1.66 bits per heavy atom. The van der Waals surface area contributed by atoms with E-state index in [-0.39, 0.29) is 48.1 Å². The molecule has 4 rings (SSSR count). The molecule has 3 amide bonds. The predicted molar refractivity (Wildman–Crippen MR) is 124 cm³/mol. The van der Waals surface area contributed by atoms with Gasteiger partial charge in [-0.15, -0.1) is 0 Å². The maximum Gasteiger partial charge on any atom is 0.322 e. The van der Waals surface area contributed by atoms with Crippen LogP contribution in [0.2, 0.25) is 0 Å². The van der Waals surface area contributed by atoms with E-state index < -0.39 is 16.7 Å². The number of amides is 3. The Morgan fingerprint density at radius 1 is 1.00 bits per heavy atom. The normalized spacial score (nSPS) is 12.5. The van der Waals surface area contributed by atoms with E-state index >= 15 is 0 Å². The zero-order valence-corrected chi connectivity index (χ0v) is 19.0. The lowest BCUT2D eigenvalue weighted by molar-refractivity contribution is -0.384. The first-order valence-electron chi connectivity index (χ1n) is 10.8. The highest BCUT2D eigenvalue weighted by Gasteiger charge is 2.36. The molecule has 0 atom stereocenters. The third kappa shape index (κ3) is 5.29. The zero-order chi connectivity index (χ0) is 25.1. The van der Waals surface area contributed by atoms with Crippen LogP contribution in [0, 0.1) is 24.0 Å². The predicted octanol–water partition coefficient (Wildman–Crippen LogP) is 3.81. The van der Waals surface area contributed by atoms with Crippen molar-refractivity contribution in [2.45, 2.75) is 26.7 Å². The van der Waals surface area contributed by atoms with Crippen LogP contribution in [0.5, 0.6) is 11.8 Å². The molecule has 0 spiro atoms. The average molecular weight is 475 g/mol. The van der Waals surface area contributed by atoms with Crippen molar-refractivity contribution in [3.05, 3.63) is 81.2 Å². The summed E-state index contributed by atoms with van der Waals surface area (Å²) in [4.78, 5) is 57.0. The Bertz CT molecular complexity index is 1320. The summed E-state index contributed by atoms with van der Waals surface area (Å²) in [7, 11) is 0. The number of aromatic nitrogens is 2. The third-order valence-electron chi connectivity index (χ3n) is 5.26. The number of nitro benzene ring substituents is 1. The van der Waals surface area contributed by atoms with Crippen LogP contribution in [-0.4, -0.2) is 44.1 Å². The summed E-state index contributed by atoms with van der Waals surface area (Å²) in [5.41, 5.74) is 2.00. The van der Waals surface area contributed by atoms with Gasteiger partial charge in [0.25, 0.3) is 17.5 Å². The summed E-state index contributed by atoms with van der Waals surface area (Å²) >= 11 is 0. The van der Waals surface area contributed by atoms with Gasteiger partial charge in [0.1, 0.15) is 5.75 Å². The number of ether oxygens (including phenoxy) is 1. The van der Waals surface area contributed by atoms with Crippen molar-refractivity contribution in [3.8, 4) is 11.8 Å². The Morgan fingerprint density at radius 3 is 2.31 bits per heavy atom. The molecule has 0 aliphatic carbocycles. The van der Waals surface area contributed by atoms with E-state index in [0.717, 1.165) is 22.4 Å². The van der Waals surface area contributed by atoms with Crippen molar-refractivity contribution in [2.24, 2.45) is 0 Å². The van der Waals surface area contributed by atoms with Crippen LogP contribution in [0.1, 0.15) is 44.9 Å². The lowest BCUT2D eigenvalue weighted by Crippen LogP contribution is -2.31. The van der Waals surface area contributed by atoms with Crippen molar-refractivity contribution in [1.82, 2.24) is 14.9 Å². The quantitative estimate of drug-likeness (QED) is 0.294. The molecule has 2 heterocycles. The molecule has 1 aliphatic heterocycles. The first kappa shape index (κ1) is 23.5. The lowest BCUT2D eigenvalue weighted by atomic mass is 10.1. The van der Waals surface area contributed by atoms with Gasteiger partial charge < -0.3 is 10.1 Å². The number of anilines is 1. The Balaban J connectivity index is 1.28. The molecule has 0 unspecified atom stereocenters. The zero-order valence-electron chi connectivity index (χ0n) is 19.0. The Hall–Kier alpha value is -4.67. The summed E-state index contributed by atoms with van der Waals surface area (Å²) in [6.45, 7) is 3.72. The van der Waals surface area contributed by atoms with Gasteiger partial charge in [0, 0.05) is 42.2 Å². The topological polar surface area (TPSA) is 145 Å². The van der Waals surface area contributed by atoms with E-state index in [2.05, 4.69) is 15.3 Å². The van der Waals surface area contributed by atoms with Crippen LogP contribution in [0.15, 0.2) is 48.5 Å². The number of carbonyl (C=O) groups excluding carboxylic acids is 3. The molecule has 1 aromatic heterocycles. The number of nitrogens with one attached hydrogen (secondary N) is 1. The van der Waals surface area contributed by atoms with E-state index in [0.29, 0.717) is 11.4 Å². The van der Waals surface area contributed by atoms with Crippen molar-refractivity contribution in [2.75, 3.05) is 11.9 Å². The van der Waals surface area contributed by atoms with Gasteiger partial charge in [0.15, 0.2) is 0 Å². The lowest BCUT2D eigenvalue weighted by Gasteiger charge is -2.13. The molecule has 0 fully saturated rings. The number of benzene rings is 2. The minimum absolute atomic E-state index is 0.00202. The molecule has 0 saturated heterocycles. The molecule has 1 aliphatic rings. The van der Waals surface area contributed by atoms with Gasteiger partial charge in [-0.25, -0.2) is 9.97 Å². The van der Waals surface area contributed by atoms with E-state index in [1.807, 2.05) is 19.9 Å². The summed E-state index contributed by atoms with van der Waals surface area (Å²) < 4.78 is 5.65. The first-order chi connectivity index (χ1) is 16.7. The minimum Gasteiger partial charge on any atom is -0.424 e. The highest BCUT2D eigenvalue weighted by atomic mass is 16.6. The molecule has 0 radical (unpaired) electrons. The van der Waals surface area contributed by atoms with Crippen molar-refractivity contribution in [1.29, 1.82) is 0 Å². The number of carbonyl (C=O) groups is 3. The van der Waals surface area contributed by atoms with Gasteiger partial charge >= 0.3 is 6.01 Å². The molecule has 0 bridgehead atoms. The number of imide groups is 1. The van der Waals surface area contributed by atoms with Crippen LogP contribution in [-0.2, 0) is 4.79 Å². The van der Waals surface area contributed by atoms with Gasteiger partial charge in [-0.2, -0.15) is 0 Å². The average Bonchev–Trinajstić information content (AvgIpc) is 3.04. The van der Waals surface area contributed by atoms with Crippen molar-refractivity contribution in [3.63, 3.8) is 0 Å². The van der Waals surface area contributed by atoms with Crippen LogP contribution in [0.3, 0.4) is 0 Å². The van der Waals surface area contributed by atoms with Crippen molar-refractivity contribution >= 4 is 29.1 Å².